The van der Waals surface area contributed by atoms with Crippen LogP contribution in [0.3, 0.4) is 0 Å². The second kappa shape index (κ2) is 8.55. The molecule has 0 aliphatic rings. The van der Waals surface area contributed by atoms with E-state index in [4.69, 9.17) is 11.6 Å². The average Bonchev–Trinajstić information content (AvgIpc) is 3.16. The molecule has 5 nitrogen and oxygen atoms in total. The van der Waals surface area contributed by atoms with Gasteiger partial charge in [0.2, 0.25) is 5.91 Å². The summed E-state index contributed by atoms with van der Waals surface area (Å²) in [5, 5.41) is 0.900. The standard InChI is InChI=1S/C22H17ClN2O3S2/c23-17-10-12-18(13-11-17)30(27,28)15-21(26)25(14-16-6-2-1-3-7-16)22-24-19-8-4-5-9-20(19)29-22/h1-13H,14-15H2. The fraction of sp³-hybridized carbons (Fsp3) is 0.0909. The van der Waals surface area contributed by atoms with Crippen molar-refractivity contribution in [3.05, 3.63) is 89.4 Å². The number of rotatable bonds is 6. The summed E-state index contributed by atoms with van der Waals surface area (Å²) in [6.45, 7) is 0.232. The lowest BCUT2D eigenvalue weighted by molar-refractivity contribution is -0.116. The number of fused-ring (bicyclic) bond motifs is 1. The molecule has 0 N–H and O–H groups in total. The largest absolute Gasteiger partial charge is 0.283 e. The molecule has 0 saturated heterocycles. The molecule has 4 aromatic rings. The number of benzene rings is 3. The van der Waals surface area contributed by atoms with Crippen molar-refractivity contribution < 1.29 is 13.2 Å². The van der Waals surface area contributed by atoms with E-state index < -0.39 is 21.5 Å². The minimum absolute atomic E-state index is 0.0595. The Hall–Kier alpha value is -2.74. The monoisotopic (exact) mass is 456 g/mol. The van der Waals surface area contributed by atoms with Crippen LogP contribution in [-0.2, 0) is 21.2 Å². The van der Waals surface area contributed by atoms with Gasteiger partial charge < -0.3 is 0 Å². The van der Waals surface area contributed by atoms with E-state index in [-0.39, 0.29) is 11.4 Å². The highest BCUT2D eigenvalue weighted by Crippen LogP contribution is 2.30. The van der Waals surface area contributed by atoms with Crippen molar-refractivity contribution in [2.45, 2.75) is 11.4 Å². The minimum atomic E-state index is -3.82. The first kappa shape index (κ1) is 20.5. The first-order valence-corrected chi connectivity index (χ1v) is 12.0. The Labute approximate surface area is 183 Å². The SMILES string of the molecule is O=C(CS(=O)(=O)c1ccc(Cl)cc1)N(Cc1ccccc1)c1nc2ccccc2s1. The van der Waals surface area contributed by atoms with E-state index in [1.54, 1.807) is 0 Å². The normalized spacial score (nSPS) is 11.5. The molecule has 30 heavy (non-hydrogen) atoms. The van der Waals surface area contributed by atoms with Gasteiger partial charge in [0.1, 0.15) is 5.75 Å². The number of anilines is 1. The zero-order valence-corrected chi connectivity index (χ0v) is 18.1. The number of thiazole rings is 1. The third-order valence-corrected chi connectivity index (χ3v) is 7.41. The molecule has 0 saturated carbocycles. The fourth-order valence-electron chi connectivity index (χ4n) is 2.97. The third kappa shape index (κ3) is 4.53. The lowest BCUT2D eigenvalue weighted by atomic mass is 10.2. The van der Waals surface area contributed by atoms with Gasteiger partial charge in [-0.05, 0) is 42.0 Å². The Morgan fingerprint density at radius 2 is 1.60 bits per heavy atom. The molecular formula is C22H17ClN2O3S2. The third-order valence-electron chi connectivity index (χ3n) is 4.48. The van der Waals surface area contributed by atoms with E-state index in [1.165, 1.54) is 40.5 Å². The maximum Gasteiger partial charge on any atom is 0.244 e. The van der Waals surface area contributed by atoms with Crippen molar-refractivity contribution in [2.24, 2.45) is 0 Å². The topological polar surface area (TPSA) is 67.3 Å². The average molecular weight is 457 g/mol. The molecule has 0 atom stereocenters. The molecule has 0 bridgehead atoms. The van der Waals surface area contributed by atoms with E-state index in [0.29, 0.717) is 10.2 Å². The number of aromatic nitrogens is 1. The molecule has 3 aromatic carbocycles. The molecular weight excluding hydrogens is 440 g/mol. The first-order valence-electron chi connectivity index (χ1n) is 9.10. The quantitative estimate of drug-likeness (QED) is 0.411. The second-order valence-corrected chi connectivity index (χ2v) is 10.1. The van der Waals surface area contributed by atoms with Crippen LogP contribution in [0.5, 0.6) is 0 Å². The lowest BCUT2D eigenvalue weighted by Gasteiger charge is -2.20. The minimum Gasteiger partial charge on any atom is -0.283 e. The van der Waals surface area contributed by atoms with Gasteiger partial charge in [-0.25, -0.2) is 13.4 Å². The van der Waals surface area contributed by atoms with Gasteiger partial charge in [0.05, 0.1) is 21.7 Å². The summed E-state index contributed by atoms with van der Waals surface area (Å²) < 4.78 is 26.5. The number of halogens is 1. The van der Waals surface area contributed by atoms with Crippen molar-refractivity contribution in [3.8, 4) is 0 Å². The number of hydrogen-bond donors (Lipinski definition) is 0. The molecule has 152 valence electrons. The summed E-state index contributed by atoms with van der Waals surface area (Å²) in [6, 6.07) is 22.8. The van der Waals surface area contributed by atoms with Gasteiger partial charge >= 0.3 is 0 Å². The van der Waals surface area contributed by atoms with E-state index in [9.17, 15) is 13.2 Å². The number of nitrogens with zero attached hydrogens (tertiary/aromatic N) is 2. The predicted molar refractivity (Wildman–Crippen MR) is 121 cm³/mol. The summed E-state index contributed by atoms with van der Waals surface area (Å²) in [5.74, 6) is -1.19. The van der Waals surface area contributed by atoms with Gasteiger partial charge in [0.15, 0.2) is 15.0 Å². The molecule has 4 rings (SSSR count). The second-order valence-electron chi connectivity index (χ2n) is 6.64. The van der Waals surface area contributed by atoms with Crippen LogP contribution >= 0.6 is 22.9 Å². The highest BCUT2D eigenvalue weighted by Gasteiger charge is 2.26. The zero-order valence-electron chi connectivity index (χ0n) is 15.7. The molecule has 0 aliphatic heterocycles. The number of hydrogen-bond acceptors (Lipinski definition) is 5. The number of carbonyl (C=O) groups is 1. The van der Waals surface area contributed by atoms with E-state index in [2.05, 4.69) is 4.98 Å². The van der Waals surface area contributed by atoms with E-state index >= 15 is 0 Å². The van der Waals surface area contributed by atoms with Crippen LogP contribution in [0.2, 0.25) is 5.02 Å². The molecule has 0 aliphatic carbocycles. The number of para-hydroxylation sites is 1. The highest BCUT2D eigenvalue weighted by atomic mass is 35.5. The first-order chi connectivity index (χ1) is 14.4. The van der Waals surface area contributed by atoms with Crippen molar-refractivity contribution in [2.75, 3.05) is 10.7 Å². The summed E-state index contributed by atoms with van der Waals surface area (Å²) in [5.41, 5.74) is 1.65. The maximum absolute atomic E-state index is 13.2. The molecule has 8 heteroatoms. The van der Waals surface area contributed by atoms with Gasteiger partial charge in [-0.3, -0.25) is 9.69 Å². The summed E-state index contributed by atoms with van der Waals surface area (Å²) in [4.78, 5) is 19.2. The van der Waals surface area contributed by atoms with Crippen LogP contribution in [0.1, 0.15) is 5.56 Å². The van der Waals surface area contributed by atoms with Gasteiger partial charge in [-0.2, -0.15) is 0 Å². The summed E-state index contributed by atoms with van der Waals surface area (Å²) in [6.07, 6.45) is 0. The lowest BCUT2D eigenvalue weighted by Crippen LogP contribution is -2.35. The Balaban J connectivity index is 1.67. The van der Waals surface area contributed by atoms with Gasteiger partial charge in [0, 0.05) is 5.02 Å². The Bertz CT molecular complexity index is 1250. The molecule has 1 amide bonds. The van der Waals surface area contributed by atoms with Crippen LogP contribution in [0.25, 0.3) is 10.2 Å². The predicted octanol–water partition coefficient (Wildman–Crippen LogP) is 4.96. The smallest absolute Gasteiger partial charge is 0.244 e. The molecule has 0 radical (unpaired) electrons. The van der Waals surface area contributed by atoms with Crippen LogP contribution in [0.4, 0.5) is 5.13 Å². The van der Waals surface area contributed by atoms with Crippen molar-refractivity contribution >= 4 is 54.0 Å². The molecule has 0 unspecified atom stereocenters. The van der Waals surface area contributed by atoms with Crippen molar-refractivity contribution in [3.63, 3.8) is 0 Å². The van der Waals surface area contributed by atoms with Crippen molar-refractivity contribution in [1.29, 1.82) is 0 Å². The van der Waals surface area contributed by atoms with E-state index in [0.717, 1.165) is 15.8 Å². The van der Waals surface area contributed by atoms with Gasteiger partial charge in [-0.1, -0.05) is 65.4 Å². The summed E-state index contributed by atoms with van der Waals surface area (Å²) >= 11 is 7.21. The molecule has 1 aromatic heterocycles. The van der Waals surface area contributed by atoms with Gasteiger partial charge in [-0.15, -0.1) is 0 Å². The van der Waals surface area contributed by atoms with E-state index in [1.807, 2.05) is 54.6 Å². The molecule has 0 fully saturated rings. The van der Waals surface area contributed by atoms with Crippen LogP contribution in [-0.4, -0.2) is 25.1 Å². The van der Waals surface area contributed by atoms with Crippen LogP contribution in [0, 0.1) is 0 Å². The maximum atomic E-state index is 13.2. The Morgan fingerprint density at radius 1 is 0.933 bits per heavy atom. The number of carbonyl (C=O) groups excluding carboxylic acids is 1. The number of amides is 1. The molecule has 0 spiro atoms. The Kier molecular flexibility index (Phi) is 5.85. The van der Waals surface area contributed by atoms with Crippen LogP contribution < -0.4 is 4.90 Å². The van der Waals surface area contributed by atoms with Gasteiger partial charge in [0.25, 0.3) is 0 Å². The highest BCUT2D eigenvalue weighted by molar-refractivity contribution is 7.92. The summed E-state index contributed by atoms with van der Waals surface area (Å²) in [7, 11) is -3.82. The molecule has 1 heterocycles. The zero-order chi connectivity index (χ0) is 21.1. The Morgan fingerprint density at radius 3 is 2.30 bits per heavy atom. The van der Waals surface area contributed by atoms with Crippen LogP contribution in [0.15, 0.2) is 83.8 Å². The van der Waals surface area contributed by atoms with Crippen molar-refractivity contribution in [1.82, 2.24) is 4.98 Å². The number of sulfone groups is 1. The fourth-order valence-corrected chi connectivity index (χ4v) is 5.28.